The largest absolute Gasteiger partial charge is 0.394 e. The maximum absolute atomic E-state index is 11.7. The van der Waals surface area contributed by atoms with Crippen molar-refractivity contribution in [1.82, 2.24) is 9.71 Å². The number of halogens is 1. The molecule has 0 bridgehead atoms. The molecule has 2 N–H and O–H groups in total. The fourth-order valence-electron chi connectivity index (χ4n) is 1.14. The Morgan fingerprint density at radius 2 is 2.33 bits per heavy atom. The van der Waals surface area contributed by atoms with Gasteiger partial charge in [0.25, 0.3) is 10.0 Å². The van der Waals surface area contributed by atoms with E-state index in [-0.39, 0.29) is 15.3 Å². The highest BCUT2D eigenvalue weighted by atomic mass is 35.5. The molecule has 1 aliphatic carbocycles. The number of aromatic nitrogens is 1. The molecule has 1 aromatic heterocycles. The van der Waals surface area contributed by atoms with E-state index in [9.17, 15) is 8.42 Å². The van der Waals surface area contributed by atoms with Crippen molar-refractivity contribution in [3.8, 4) is 0 Å². The van der Waals surface area contributed by atoms with E-state index in [4.69, 9.17) is 16.7 Å². The molecule has 0 aromatic carbocycles. The summed E-state index contributed by atoms with van der Waals surface area (Å²) in [5.41, 5.74) is -0.657. The Bertz CT molecular complexity index is 466. The van der Waals surface area contributed by atoms with Gasteiger partial charge >= 0.3 is 0 Å². The fraction of sp³-hybridized carbons (Fsp3) is 0.571. The van der Waals surface area contributed by atoms with Crippen molar-refractivity contribution in [3.05, 3.63) is 10.7 Å². The van der Waals surface area contributed by atoms with Crippen LogP contribution in [0.5, 0.6) is 0 Å². The summed E-state index contributed by atoms with van der Waals surface area (Å²) < 4.78 is 26.2. The Morgan fingerprint density at radius 3 is 2.73 bits per heavy atom. The molecule has 2 rings (SSSR count). The van der Waals surface area contributed by atoms with Gasteiger partial charge in [0.05, 0.1) is 18.3 Å². The van der Waals surface area contributed by atoms with Crippen LogP contribution in [0.25, 0.3) is 0 Å². The number of hydrogen-bond donors (Lipinski definition) is 2. The Labute approximate surface area is 96.2 Å². The Hall–Kier alpha value is -0.210. The highest BCUT2D eigenvalue weighted by Crippen LogP contribution is 2.36. The highest BCUT2D eigenvalue weighted by molar-refractivity contribution is 7.91. The maximum Gasteiger partial charge on any atom is 0.252 e. The van der Waals surface area contributed by atoms with Crippen molar-refractivity contribution in [2.45, 2.75) is 22.6 Å². The van der Waals surface area contributed by atoms with Crippen molar-refractivity contribution in [2.75, 3.05) is 6.61 Å². The van der Waals surface area contributed by atoms with E-state index in [1.54, 1.807) is 0 Å². The van der Waals surface area contributed by atoms with Crippen molar-refractivity contribution in [3.63, 3.8) is 0 Å². The van der Waals surface area contributed by atoms with Gasteiger partial charge in [-0.1, -0.05) is 22.9 Å². The molecule has 0 radical (unpaired) electrons. The van der Waals surface area contributed by atoms with Crippen LogP contribution in [-0.2, 0) is 10.0 Å². The minimum absolute atomic E-state index is 0.0761. The van der Waals surface area contributed by atoms with Crippen LogP contribution in [0.15, 0.2) is 10.4 Å². The van der Waals surface area contributed by atoms with Gasteiger partial charge in [0.2, 0.25) is 0 Å². The molecule has 8 heteroatoms. The lowest BCUT2D eigenvalue weighted by molar-refractivity contribution is 0.246. The molecule has 0 unspecified atom stereocenters. The molecule has 5 nitrogen and oxygen atoms in total. The lowest BCUT2D eigenvalue weighted by Crippen LogP contribution is -2.39. The van der Waals surface area contributed by atoms with Gasteiger partial charge in [0, 0.05) is 0 Å². The zero-order valence-corrected chi connectivity index (χ0v) is 9.99. The van der Waals surface area contributed by atoms with Crippen LogP contribution in [0.4, 0.5) is 0 Å². The first-order valence-electron chi connectivity index (χ1n) is 4.24. The minimum atomic E-state index is -3.59. The summed E-state index contributed by atoms with van der Waals surface area (Å²) in [6.45, 7) is -0.182. The third-order valence-electron chi connectivity index (χ3n) is 2.23. The van der Waals surface area contributed by atoms with Gasteiger partial charge in [-0.2, -0.15) is 0 Å². The number of nitrogens with zero attached hydrogens (tertiary/aromatic N) is 1. The Morgan fingerprint density at radius 1 is 1.67 bits per heavy atom. The number of hydrogen-bond acceptors (Lipinski definition) is 5. The molecule has 1 heterocycles. The summed E-state index contributed by atoms with van der Waals surface area (Å²) >= 11 is 6.45. The zero-order chi connectivity index (χ0) is 11.1. The molecule has 15 heavy (non-hydrogen) atoms. The molecule has 0 aliphatic heterocycles. The molecule has 1 aromatic rings. The van der Waals surface area contributed by atoms with Crippen LogP contribution in [0.1, 0.15) is 12.8 Å². The molecule has 0 atom stereocenters. The van der Waals surface area contributed by atoms with Gasteiger partial charge in [0.15, 0.2) is 8.68 Å². The van der Waals surface area contributed by atoms with E-state index in [1.165, 1.54) is 6.20 Å². The molecule has 1 saturated carbocycles. The molecule has 0 saturated heterocycles. The number of aliphatic hydroxyl groups is 1. The van der Waals surface area contributed by atoms with E-state index in [0.717, 1.165) is 11.3 Å². The second kappa shape index (κ2) is 3.67. The summed E-state index contributed by atoms with van der Waals surface area (Å²) in [6, 6.07) is 0. The number of aliphatic hydroxyl groups excluding tert-OH is 1. The molecule has 1 aliphatic rings. The molecular formula is C7H9ClN2O3S2. The van der Waals surface area contributed by atoms with Crippen molar-refractivity contribution in [2.24, 2.45) is 0 Å². The van der Waals surface area contributed by atoms with Crippen LogP contribution in [0.2, 0.25) is 4.47 Å². The number of rotatable bonds is 4. The third kappa shape index (κ3) is 2.31. The van der Waals surface area contributed by atoms with E-state index >= 15 is 0 Å². The summed E-state index contributed by atoms with van der Waals surface area (Å²) in [4.78, 5) is 3.66. The second-order valence-electron chi connectivity index (χ2n) is 3.48. The average molecular weight is 269 g/mol. The van der Waals surface area contributed by atoms with E-state index in [0.29, 0.717) is 12.8 Å². The van der Waals surface area contributed by atoms with Crippen LogP contribution in [0.3, 0.4) is 0 Å². The Kier molecular flexibility index (Phi) is 2.76. The summed E-state index contributed by atoms with van der Waals surface area (Å²) in [5, 5.41) is 9.01. The summed E-state index contributed by atoms with van der Waals surface area (Å²) in [6.07, 6.45) is 2.54. The first-order chi connectivity index (χ1) is 6.97. The molecule has 0 amide bonds. The van der Waals surface area contributed by atoms with E-state index < -0.39 is 15.6 Å². The summed E-state index contributed by atoms with van der Waals surface area (Å²) in [5.74, 6) is 0. The SMILES string of the molecule is O=S(=O)(NC1(CO)CC1)c1cnc(Cl)s1. The number of thiazole rings is 1. The van der Waals surface area contributed by atoms with Crippen LogP contribution in [-0.4, -0.2) is 30.7 Å². The average Bonchev–Trinajstić information content (AvgIpc) is 2.78. The predicted molar refractivity (Wildman–Crippen MR) is 56.5 cm³/mol. The van der Waals surface area contributed by atoms with E-state index in [1.807, 2.05) is 0 Å². The van der Waals surface area contributed by atoms with Crippen LogP contribution in [0, 0.1) is 0 Å². The highest BCUT2D eigenvalue weighted by Gasteiger charge is 2.45. The standard InChI is InChI=1S/C7H9ClN2O3S2/c8-6-9-3-5(14-6)15(12,13)10-7(4-11)1-2-7/h3,10-11H,1-2,4H2. The van der Waals surface area contributed by atoms with Gasteiger partial charge in [-0.3, -0.25) is 0 Å². The quantitative estimate of drug-likeness (QED) is 0.838. The van der Waals surface area contributed by atoms with Gasteiger partial charge in [0.1, 0.15) is 0 Å². The lowest BCUT2D eigenvalue weighted by Gasteiger charge is -2.12. The fourth-order valence-corrected chi connectivity index (χ4v) is 3.89. The molecule has 84 valence electrons. The third-order valence-corrected chi connectivity index (χ3v) is 5.38. The monoisotopic (exact) mass is 268 g/mol. The summed E-state index contributed by atoms with van der Waals surface area (Å²) in [7, 11) is -3.59. The van der Waals surface area contributed by atoms with Gasteiger partial charge in [-0.25, -0.2) is 18.1 Å². The Balaban J connectivity index is 2.21. The smallest absolute Gasteiger partial charge is 0.252 e. The first-order valence-corrected chi connectivity index (χ1v) is 6.91. The maximum atomic E-state index is 11.7. The predicted octanol–water partition coefficient (Wildman–Crippen LogP) is 0.600. The van der Waals surface area contributed by atoms with Crippen molar-refractivity contribution < 1.29 is 13.5 Å². The van der Waals surface area contributed by atoms with Gasteiger partial charge < -0.3 is 5.11 Å². The topological polar surface area (TPSA) is 79.3 Å². The molecular weight excluding hydrogens is 260 g/mol. The normalized spacial score (nSPS) is 19.1. The number of sulfonamides is 1. The number of nitrogens with one attached hydrogen (secondary N) is 1. The van der Waals surface area contributed by atoms with Crippen LogP contribution < -0.4 is 4.72 Å². The van der Waals surface area contributed by atoms with Crippen molar-refractivity contribution in [1.29, 1.82) is 0 Å². The van der Waals surface area contributed by atoms with Crippen molar-refractivity contribution >= 4 is 33.0 Å². The molecule has 0 spiro atoms. The second-order valence-corrected chi connectivity index (χ2v) is 7.00. The van der Waals surface area contributed by atoms with Gasteiger partial charge in [-0.05, 0) is 12.8 Å². The van der Waals surface area contributed by atoms with E-state index in [2.05, 4.69) is 9.71 Å². The van der Waals surface area contributed by atoms with Crippen LogP contribution >= 0.6 is 22.9 Å². The minimum Gasteiger partial charge on any atom is -0.394 e. The first kappa shape index (κ1) is 11.3. The molecule has 1 fully saturated rings. The van der Waals surface area contributed by atoms with Gasteiger partial charge in [-0.15, -0.1) is 0 Å². The zero-order valence-electron chi connectivity index (χ0n) is 7.60. The lowest BCUT2D eigenvalue weighted by atomic mass is 10.3.